The van der Waals surface area contributed by atoms with E-state index < -0.39 is 5.60 Å². The molecule has 1 aromatic rings. The lowest BCUT2D eigenvalue weighted by Crippen LogP contribution is -2.61. The quantitative estimate of drug-likeness (QED) is 0.772. The van der Waals surface area contributed by atoms with Crippen LogP contribution in [0.3, 0.4) is 0 Å². The van der Waals surface area contributed by atoms with Gasteiger partial charge in [-0.2, -0.15) is 0 Å². The summed E-state index contributed by atoms with van der Waals surface area (Å²) in [6.07, 6.45) is 1.65. The molecule has 6 heteroatoms. The first-order valence-electron chi connectivity index (χ1n) is 9.10. The number of morpholine rings is 1. The molecule has 0 aromatic heterocycles. The molecule has 0 saturated carbocycles. The molecular formula is C19H26N2O4. The Balaban J connectivity index is 1.49. The number of hydrogen-bond donors (Lipinski definition) is 0. The Kier molecular flexibility index (Phi) is 4.56. The highest BCUT2D eigenvalue weighted by Gasteiger charge is 2.43. The van der Waals surface area contributed by atoms with Crippen molar-refractivity contribution in [2.75, 3.05) is 58.0 Å². The van der Waals surface area contributed by atoms with Crippen LogP contribution in [-0.2, 0) is 14.3 Å². The van der Waals surface area contributed by atoms with Crippen LogP contribution in [0.4, 0.5) is 5.69 Å². The summed E-state index contributed by atoms with van der Waals surface area (Å²) >= 11 is 0. The molecule has 0 bridgehead atoms. The fourth-order valence-electron chi connectivity index (χ4n) is 4.09. The van der Waals surface area contributed by atoms with Crippen molar-refractivity contribution < 1.29 is 19.0 Å². The van der Waals surface area contributed by atoms with Crippen LogP contribution >= 0.6 is 0 Å². The number of ether oxygens (including phenoxy) is 3. The zero-order valence-electron chi connectivity index (χ0n) is 14.8. The third kappa shape index (κ3) is 3.33. The Bertz CT molecular complexity index is 632. The second kappa shape index (κ2) is 6.84. The Hall–Kier alpha value is -1.79. The highest BCUT2D eigenvalue weighted by atomic mass is 16.5. The zero-order valence-corrected chi connectivity index (χ0v) is 14.8. The number of amides is 1. The summed E-state index contributed by atoms with van der Waals surface area (Å²) in [6, 6.07) is 8.04. The minimum atomic E-state index is -0.479. The third-order valence-corrected chi connectivity index (χ3v) is 5.42. The number of carbonyl (C=O) groups is 1. The van der Waals surface area contributed by atoms with Gasteiger partial charge in [0.2, 0.25) is 5.91 Å². The van der Waals surface area contributed by atoms with Crippen molar-refractivity contribution in [3.05, 3.63) is 24.3 Å². The van der Waals surface area contributed by atoms with Gasteiger partial charge in [0.15, 0.2) is 0 Å². The van der Waals surface area contributed by atoms with Gasteiger partial charge in [0.1, 0.15) is 18.0 Å². The SMILES string of the molecule is CN1CC2(COc3ccccc31)CN(C(=O)C1CCOCC1)CCO2. The van der Waals surface area contributed by atoms with Gasteiger partial charge in [0.25, 0.3) is 0 Å². The lowest BCUT2D eigenvalue weighted by atomic mass is 9.96. The van der Waals surface area contributed by atoms with Crippen molar-refractivity contribution in [1.82, 2.24) is 4.90 Å². The predicted molar refractivity (Wildman–Crippen MR) is 94.0 cm³/mol. The van der Waals surface area contributed by atoms with Crippen LogP contribution < -0.4 is 9.64 Å². The molecule has 136 valence electrons. The minimum Gasteiger partial charge on any atom is -0.488 e. The number of anilines is 1. The maximum absolute atomic E-state index is 12.9. The van der Waals surface area contributed by atoms with Gasteiger partial charge < -0.3 is 24.0 Å². The van der Waals surface area contributed by atoms with Crippen molar-refractivity contribution in [2.45, 2.75) is 18.4 Å². The van der Waals surface area contributed by atoms with Crippen LogP contribution in [0, 0.1) is 5.92 Å². The molecule has 1 atom stereocenters. The second-order valence-electron chi connectivity index (χ2n) is 7.29. The molecule has 2 saturated heterocycles. The van der Waals surface area contributed by atoms with E-state index in [-0.39, 0.29) is 11.8 Å². The molecule has 3 heterocycles. The summed E-state index contributed by atoms with van der Waals surface area (Å²) in [7, 11) is 2.05. The van der Waals surface area contributed by atoms with Crippen LogP contribution in [-0.4, -0.2) is 69.5 Å². The normalized spacial score (nSPS) is 27.6. The molecule has 0 aliphatic carbocycles. The molecule has 0 radical (unpaired) electrons. The molecule has 1 unspecified atom stereocenters. The molecule has 1 spiro atoms. The fourth-order valence-corrected chi connectivity index (χ4v) is 4.09. The van der Waals surface area contributed by atoms with Gasteiger partial charge in [0.05, 0.1) is 25.4 Å². The number of hydrogen-bond acceptors (Lipinski definition) is 5. The molecule has 3 aliphatic heterocycles. The van der Waals surface area contributed by atoms with Gasteiger partial charge in [-0.3, -0.25) is 4.79 Å². The van der Waals surface area contributed by atoms with Gasteiger partial charge in [-0.25, -0.2) is 0 Å². The van der Waals surface area contributed by atoms with E-state index in [2.05, 4.69) is 18.0 Å². The molecule has 0 N–H and O–H groups in total. The van der Waals surface area contributed by atoms with E-state index in [4.69, 9.17) is 14.2 Å². The number of benzene rings is 1. The monoisotopic (exact) mass is 346 g/mol. The van der Waals surface area contributed by atoms with E-state index in [1.165, 1.54) is 0 Å². The van der Waals surface area contributed by atoms with E-state index in [0.717, 1.165) is 24.3 Å². The Morgan fingerprint density at radius 2 is 1.96 bits per heavy atom. The summed E-state index contributed by atoms with van der Waals surface area (Å²) in [6.45, 7) is 4.35. The van der Waals surface area contributed by atoms with Crippen LogP contribution in [0.2, 0.25) is 0 Å². The minimum absolute atomic E-state index is 0.0884. The van der Waals surface area contributed by atoms with Gasteiger partial charge in [-0.1, -0.05) is 12.1 Å². The van der Waals surface area contributed by atoms with E-state index in [9.17, 15) is 4.79 Å². The standard InChI is InChI=1S/C19H26N2O4/c1-20-12-19(14-24-17-5-3-2-4-16(17)20)13-21(8-11-25-19)18(22)15-6-9-23-10-7-15/h2-5,15H,6-14H2,1H3. The Labute approximate surface area is 148 Å². The highest BCUT2D eigenvalue weighted by Crippen LogP contribution is 2.34. The van der Waals surface area contributed by atoms with Crippen molar-refractivity contribution in [2.24, 2.45) is 5.92 Å². The van der Waals surface area contributed by atoms with Crippen molar-refractivity contribution in [1.29, 1.82) is 0 Å². The van der Waals surface area contributed by atoms with E-state index in [0.29, 0.717) is 46.1 Å². The summed E-state index contributed by atoms with van der Waals surface area (Å²) in [5.74, 6) is 1.21. The number of fused-ring (bicyclic) bond motifs is 1. The maximum atomic E-state index is 12.9. The summed E-state index contributed by atoms with van der Waals surface area (Å²) in [5.41, 5.74) is 0.586. The molecule has 2 fully saturated rings. The number of para-hydroxylation sites is 2. The second-order valence-corrected chi connectivity index (χ2v) is 7.29. The Morgan fingerprint density at radius 3 is 2.80 bits per heavy atom. The van der Waals surface area contributed by atoms with Crippen LogP contribution in [0.15, 0.2) is 24.3 Å². The first-order chi connectivity index (χ1) is 12.2. The third-order valence-electron chi connectivity index (χ3n) is 5.42. The molecule has 25 heavy (non-hydrogen) atoms. The molecule has 6 nitrogen and oxygen atoms in total. The molecule has 3 aliphatic rings. The lowest BCUT2D eigenvalue weighted by Gasteiger charge is -2.44. The zero-order chi connectivity index (χ0) is 17.3. The summed E-state index contributed by atoms with van der Waals surface area (Å²) in [5, 5.41) is 0. The average molecular weight is 346 g/mol. The van der Waals surface area contributed by atoms with E-state index in [1.807, 2.05) is 23.1 Å². The summed E-state index contributed by atoms with van der Waals surface area (Å²) < 4.78 is 17.6. The summed E-state index contributed by atoms with van der Waals surface area (Å²) in [4.78, 5) is 17.1. The number of carbonyl (C=O) groups excluding carboxylic acids is 1. The average Bonchev–Trinajstić information content (AvgIpc) is 2.79. The fraction of sp³-hybridized carbons (Fsp3) is 0.632. The molecule has 1 aromatic carbocycles. The first kappa shape index (κ1) is 16.7. The molecular weight excluding hydrogens is 320 g/mol. The molecule has 1 amide bonds. The van der Waals surface area contributed by atoms with E-state index in [1.54, 1.807) is 0 Å². The van der Waals surface area contributed by atoms with Crippen LogP contribution in [0.25, 0.3) is 0 Å². The van der Waals surface area contributed by atoms with Crippen molar-refractivity contribution >= 4 is 11.6 Å². The van der Waals surface area contributed by atoms with Crippen LogP contribution in [0.1, 0.15) is 12.8 Å². The van der Waals surface area contributed by atoms with Gasteiger partial charge in [-0.15, -0.1) is 0 Å². The Morgan fingerprint density at radius 1 is 1.16 bits per heavy atom. The van der Waals surface area contributed by atoms with Gasteiger partial charge in [0, 0.05) is 32.7 Å². The predicted octanol–water partition coefficient (Wildman–Crippen LogP) is 1.54. The smallest absolute Gasteiger partial charge is 0.226 e. The molecule has 4 rings (SSSR count). The topological polar surface area (TPSA) is 51.2 Å². The highest BCUT2D eigenvalue weighted by molar-refractivity contribution is 5.79. The maximum Gasteiger partial charge on any atom is 0.226 e. The lowest BCUT2D eigenvalue weighted by molar-refractivity contribution is -0.159. The number of likely N-dealkylation sites (N-methyl/N-ethyl adjacent to an activating group) is 1. The van der Waals surface area contributed by atoms with Gasteiger partial charge >= 0.3 is 0 Å². The van der Waals surface area contributed by atoms with Gasteiger partial charge in [-0.05, 0) is 25.0 Å². The number of nitrogens with zero attached hydrogens (tertiary/aromatic N) is 2. The van der Waals surface area contributed by atoms with Crippen molar-refractivity contribution in [3.8, 4) is 5.75 Å². The first-order valence-corrected chi connectivity index (χ1v) is 9.10. The van der Waals surface area contributed by atoms with Crippen molar-refractivity contribution in [3.63, 3.8) is 0 Å². The largest absolute Gasteiger partial charge is 0.488 e. The van der Waals surface area contributed by atoms with E-state index >= 15 is 0 Å². The van der Waals surface area contributed by atoms with Crippen LogP contribution in [0.5, 0.6) is 5.75 Å². The number of rotatable bonds is 1.